The molecule has 2 rings (SSSR count). The van der Waals surface area contributed by atoms with Gasteiger partial charge >= 0.3 is 0 Å². The lowest BCUT2D eigenvalue weighted by Crippen LogP contribution is -2.39. The summed E-state index contributed by atoms with van der Waals surface area (Å²) in [7, 11) is 0. The SMILES string of the molecule is CCC1C(C)C(Cc2ccc(C(=O)N=C(N)N)cc2)CCC1(C)C. The second-order valence-corrected chi connectivity index (χ2v) is 7.90. The summed E-state index contributed by atoms with van der Waals surface area (Å²) in [6, 6.07) is 7.70. The monoisotopic (exact) mass is 329 g/mol. The Morgan fingerprint density at radius 1 is 1.25 bits per heavy atom. The van der Waals surface area contributed by atoms with Gasteiger partial charge in [0.2, 0.25) is 0 Å². The van der Waals surface area contributed by atoms with Gasteiger partial charge in [0.1, 0.15) is 0 Å². The van der Waals surface area contributed by atoms with Crippen LogP contribution in [0.5, 0.6) is 0 Å². The van der Waals surface area contributed by atoms with Gasteiger partial charge in [0.25, 0.3) is 5.91 Å². The lowest BCUT2D eigenvalue weighted by atomic mass is 9.58. The van der Waals surface area contributed by atoms with Gasteiger partial charge in [0, 0.05) is 5.56 Å². The molecule has 1 fully saturated rings. The molecule has 1 saturated carbocycles. The predicted molar refractivity (Wildman–Crippen MR) is 99.7 cm³/mol. The number of hydrogen-bond donors (Lipinski definition) is 2. The fraction of sp³-hybridized carbons (Fsp3) is 0.600. The van der Waals surface area contributed by atoms with Crippen LogP contribution in [0.15, 0.2) is 29.3 Å². The second kappa shape index (κ2) is 7.37. The number of carbonyl (C=O) groups is 1. The molecule has 4 heteroatoms. The van der Waals surface area contributed by atoms with Crippen LogP contribution in [-0.4, -0.2) is 11.9 Å². The fourth-order valence-corrected chi connectivity index (χ4v) is 4.53. The Balaban J connectivity index is 2.06. The fourth-order valence-electron chi connectivity index (χ4n) is 4.53. The van der Waals surface area contributed by atoms with Gasteiger partial charge in [-0.3, -0.25) is 4.79 Å². The highest BCUT2D eigenvalue weighted by atomic mass is 16.1. The molecule has 3 atom stereocenters. The molecule has 0 saturated heterocycles. The Hall–Kier alpha value is -1.84. The third-order valence-electron chi connectivity index (χ3n) is 5.91. The minimum absolute atomic E-state index is 0.201. The first-order valence-corrected chi connectivity index (χ1v) is 8.97. The number of benzene rings is 1. The van der Waals surface area contributed by atoms with Crippen LogP contribution < -0.4 is 11.5 Å². The lowest BCUT2D eigenvalue weighted by Gasteiger charge is -2.47. The van der Waals surface area contributed by atoms with Gasteiger partial charge in [-0.1, -0.05) is 46.2 Å². The van der Waals surface area contributed by atoms with E-state index in [1.165, 1.54) is 24.8 Å². The summed E-state index contributed by atoms with van der Waals surface area (Å²) in [5.41, 5.74) is 12.8. The van der Waals surface area contributed by atoms with Crippen molar-refractivity contribution in [1.29, 1.82) is 0 Å². The van der Waals surface area contributed by atoms with Gasteiger partial charge in [0.05, 0.1) is 0 Å². The average Bonchev–Trinajstić information content (AvgIpc) is 2.50. The van der Waals surface area contributed by atoms with Crippen molar-refractivity contribution >= 4 is 11.9 Å². The van der Waals surface area contributed by atoms with Gasteiger partial charge in [-0.15, -0.1) is 0 Å². The van der Waals surface area contributed by atoms with Crippen molar-refractivity contribution in [3.8, 4) is 0 Å². The Labute approximate surface area is 145 Å². The molecule has 1 aromatic carbocycles. The maximum atomic E-state index is 11.8. The molecule has 3 unspecified atom stereocenters. The standard InChI is InChI=1S/C20H31N3O/c1-5-17-13(2)16(10-11-20(17,3)4)12-14-6-8-15(9-7-14)18(24)23-19(21)22/h6-9,13,16-17H,5,10-12H2,1-4H3,(H4,21,22,23,24). The highest BCUT2D eigenvalue weighted by Gasteiger charge is 2.40. The molecule has 0 bridgehead atoms. The molecule has 0 aromatic heterocycles. The summed E-state index contributed by atoms with van der Waals surface area (Å²) in [5, 5.41) is 0. The number of guanidine groups is 1. The molecule has 0 radical (unpaired) electrons. The number of hydrogen-bond acceptors (Lipinski definition) is 1. The molecule has 132 valence electrons. The van der Waals surface area contributed by atoms with Crippen molar-refractivity contribution in [2.45, 2.75) is 53.4 Å². The molecular formula is C20H31N3O. The van der Waals surface area contributed by atoms with E-state index in [2.05, 4.69) is 32.7 Å². The summed E-state index contributed by atoms with van der Waals surface area (Å²) in [6.07, 6.45) is 4.89. The zero-order valence-electron chi connectivity index (χ0n) is 15.4. The smallest absolute Gasteiger partial charge is 0.280 e. The van der Waals surface area contributed by atoms with Crippen molar-refractivity contribution in [2.75, 3.05) is 0 Å². The minimum Gasteiger partial charge on any atom is -0.370 e. The van der Waals surface area contributed by atoms with Gasteiger partial charge < -0.3 is 11.5 Å². The van der Waals surface area contributed by atoms with Gasteiger partial charge in [-0.05, 0) is 60.1 Å². The number of aliphatic imine (C=N–C) groups is 1. The third-order valence-corrected chi connectivity index (χ3v) is 5.91. The van der Waals surface area contributed by atoms with E-state index >= 15 is 0 Å². The first-order chi connectivity index (χ1) is 11.2. The van der Waals surface area contributed by atoms with Gasteiger partial charge in [-0.2, -0.15) is 4.99 Å². The van der Waals surface area contributed by atoms with Crippen LogP contribution in [0.3, 0.4) is 0 Å². The van der Waals surface area contributed by atoms with Crippen LogP contribution >= 0.6 is 0 Å². The van der Waals surface area contributed by atoms with Crippen molar-refractivity contribution in [3.63, 3.8) is 0 Å². The lowest BCUT2D eigenvalue weighted by molar-refractivity contribution is 0.0353. The Morgan fingerprint density at radius 2 is 1.88 bits per heavy atom. The molecule has 1 aliphatic rings. The summed E-state index contributed by atoms with van der Waals surface area (Å²) in [6.45, 7) is 9.56. The maximum Gasteiger partial charge on any atom is 0.280 e. The molecule has 0 spiro atoms. The largest absolute Gasteiger partial charge is 0.370 e. The van der Waals surface area contributed by atoms with E-state index in [1.807, 2.05) is 24.3 Å². The topological polar surface area (TPSA) is 81.5 Å². The predicted octanol–water partition coefficient (Wildman–Crippen LogP) is 3.74. The Kier molecular flexibility index (Phi) is 5.68. The van der Waals surface area contributed by atoms with E-state index in [0.29, 0.717) is 16.9 Å². The van der Waals surface area contributed by atoms with E-state index in [1.54, 1.807) is 0 Å². The maximum absolute atomic E-state index is 11.8. The molecule has 1 amide bonds. The third kappa shape index (κ3) is 4.16. The van der Waals surface area contributed by atoms with Crippen LogP contribution in [0.1, 0.15) is 62.9 Å². The number of carbonyl (C=O) groups excluding carboxylic acids is 1. The van der Waals surface area contributed by atoms with Crippen molar-refractivity contribution in [2.24, 2.45) is 39.6 Å². The minimum atomic E-state index is -0.389. The Morgan fingerprint density at radius 3 is 2.42 bits per heavy atom. The molecule has 0 aliphatic heterocycles. The van der Waals surface area contributed by atoms with Crippen LogP contribution in [0.2, 0.25) is 0 Å². The number of nitrogens with zero attached hydrogens (tertiary/aromatic N) is 1. The van der Waals surface area contributed by atoms with Crippen LogP contribution in [0, 0.1) is 23.2 Å². The quantitative estimate of drug-likeness (QED) is 0.652. The van der Waals surface area contributed by atoms with E-state index in [4.69, 9.17) is 11.5 Å². The summed E-state index contributed by atoms with van der Waals surface area (Å²) in [5.74, 6) is 1.62. The molecule has 1 aliphatic carbocycles. The molecule has 1 aromatic rings. The zero-order valence-corrected chi connectivity index (χ0v) is 15.4. The van der Waals surface area contributed by atoms with Gasteiger partial charge in [0.15, 0.2) is 5.96 Å². The van der Waals surface area contributed by atoms with E-state index in [9.17, 15) is 4.79 Å². The van der Waals surface area contributed by atoms with E-state index in [-0.39, 0.29) is 11.9 Å². The van der Waals surface area contributed by atoms with Gasteiger partial charge in [-0.25, -0.2) is 0 Å². The van der Waals surface area contributed by atoms with Crippen molar-refractivity contribution in [3.05, 3.63) is 35.4 Å². The highest BCUT2D eigenvalue weighted by Crippen LogP contribution is 2.48. The first kappa shape index (κ1) is 18.5. The molecule has 4 N–H and O–H groups in total. The number of rotatable bonds is 4. The van der Waals surface area contributed by atoms with Crippen LogP contribution in [-0.2, 0) is 6.42 Å². The number of amides is 1. The molecular weight excluding hydrogens is 298 g/mol. The summed E-state index contributed by atoms with van der Waals surface area (Å²) < 4.78 is 0. The molecule has 0 heterocycles. The van der Waals surface area contributed by atoms with Crippen LogP contribution in [0.4, 0.5) is 0 Å². The van der Waals surface area contributed by atoms with Crippen molar-refractivity contribution in [1.82, 2.24) is 0 Å². The Bertz CT molecular complexity index is 600. The zero-order chi connectivity index (χ0) is 17.9. The second-order valence-electron chi connectivity index (χ2n) is 7.90. The summed E-state index contributed by atoms with van der Waals surface area (Å²) >= 11 is 0. The van der Waals surface area contributed by atoms with E-state index < -0.39 is 0 Å². The summed E-state index contributed by atoms with van der Waals surface area (Å²) in [4.78, 5) is 15.4. The average molecular weight is 329 g/mol. The first-order valence-electron chi connectivity index (χ1n) is 8.97. The van der Waals surface area contributed by atoms with Crippen molar-refractivity contribution < 1.29 is 4.79 Å². The molecule has 4 nitrogen and oxygen atoms in total. The molecule has 24 heavy (non-hydrogen) atoms. The van der Waals surface area contributed by atoms with E-state index in [0.717, 1.165) is 18.3 Å². The normalized spacial score (nSPS) is 25.9. The number of nitrogens with two attached hydrogens (primary N) is 2. The highest BCUT2D eigenvalue weighted by molar-refractivity contribution is 6.01. The van der Waals surface area contributed by atoms with Crippen LogP contribution in [0.25, 0.3) is 0 Å².